The Balaban J connectivity index is 1.87. The highest BCUT2D eigenvalue weighted by Gasteiger charge is 2.07. The summed E-state index contributed by atoms with van der Waals surface area (Å²) in [5.41, 5.74) is 1.54. The van der Waals surface area contributed by atoms with Gasteiger partial charge in [-0.1, -0.05) is 12.1 Å². The number of rotatable bonds is 8. The first-order chi connectivity index (χ1) is 11.2. The molecule has 5 heteroatoms. The lowest BCUT2D eigenvalue weighted by Crippen LogP contribution is -2.22. The first kappa shape index (κ1) is 16.7. The maximum absolute atomic E-state index is 12.1. The van der Waals surface area contributed by atoms with Crippen LogP contribution >= 0.6 is 0 Å². The molecular weight excluding hydrogens is 292 g/mol. The molecule has 0 saturated heterocycles. The van der Waals surface area contributed by atoms with Crippen molar-refractivity contribution in [2.45, 2.75) is 13.8 Å². The van der Waals surface area contributed by atoms with E-state index in [9.17, 15) is 4.79 Å². The number of para-hydroxylation sites is 2. The van der Waals surface area contributed by atoms with Crippen molar-refractivity contribution in [3.05, 3.63) is 48.5 Å². The summed E-state index contributed by atoms with van der Waals surface area (Å²) in [7, 11) is 0. The molecule has 0 spiro atoms. The van der Waals surface area contributed by atoms with Crippen LogP contribution in [0.3, 0.4) is 0 Å². The highest BCUT2D eigenvalue weighted by molar-refractivity contribution is 5.95. The van der Waals surface area contributed by atoms with E-state index in [1.54, 1.807) is 0 Å². The Bertz CT molecular complexity index is 626. The zero-order valence-electron chi connectivity index (χ0n) is 13.5. The SMILES string of the molecule is CCOc1ccc(NCC(=O)Nc2ccccc2OCC)cc1. The summed E-state index contributed by atoms with van der Waals surface area (Å²) in [4.78, 5) is 12.1. The molecule has 0 atom stereocenters. The summed E-state index contributed by atoms with van der Waals surface area (Å²) in [6, 6.07) is 14.9. The molecule has 0 fully saturated rings. The smallest absolute Gasteiger partial charge is 0.243 e. The number of hydrogen-bond acceptors (Lipinski definition) is 4. The molecule has 0 bridgehead atoms. The van der Waals surface area contributed by atoms with E-state index < -0.39 is 0 Å². The Morgan fingerprint density at radius 2 is 1.65 bits per heavy atom. The van der Waals surface area contributed by atoms with Crippen molar-refractivity contribution in [2.75, 3.05) is 30.4 Å². The zero-order valence-corrected chi connectivity index (χ0v) is 13.5. The van der Waals surface area contributed by atoms with Gasteiger partial charge in [-0.05, 0) is 50.2 Å². The van der Waals surface area contributed by atoms with Crippen molar-refractivity contribution in [1.29, 1.82) is 0 Å². The Morgan fingerprint density at radius 1 is 0.957 bits per heavy atom. The van der Waals surface area contributed by atoms with Crippen LogP contribution in [-0.4, -0.2) is 25.7 Å². The standard InChI is InChI=1S/C18H22N2O3/c1-3-22-15-11-9-14(10-12-15)19-13-18(21)20-16-7-5-6-8-17(16)23-4-2/h5-12,19H,3-4,13H2,1-2H3,(H,20,21). The average Bonchev–Trinajstić information content (AvgIpc) is 2.57. The van der Waals surface area contributed by atoms with E-state index in [0.29, 0.717) is 24.7 Å². The van der Waals surface area contributed by atoms with Gasteiger partial charge < -0.3 is 20.1 Å². The lowest BCUT2D eigenvalue weighted by molar-refractivity contribution is -0.114. The number of amides is 1. The van der Waals surface area contributed by atoms with Crippen molar-refractivity contribution < 1.29 is 14.3 Å². The summed E-state index contributed by atoms with van der Waals surface area (Å²) in [6.07, 6.45) is 0. The van der Waals surface area contributed by atoms with Crippen LogP contribution in [-0.2, 0) is 4.79 Å². The average molecular weight is 314 g/mol. The normalized spacial score (nSPS) is 10.0. The van der Waals surface area contributed by atoms with Crippen molar-refractivity contribution >= 4 is 17.3 Å². The van der Waals surface area contributed by atoms with E-state index in [2.05, 4.69) is 10.6 Å². The van der Waals surface area contributed by atoms with Crippen LogP contribution in [0, 0.1) is 0 Å². The highest BCUT2D eigenvalue weighted by Crippen LogP contribution is 2.23. The number of anilines is 2. The summed E-state index contributed by atoms with van der Waals surface area (Å²) in [5, 5.41) is 5.92. The van der Waals surface area contributed by atoms with Crippen molar-refractivity contribution in [1.82, 2.24) is 0 Å². The molecule has 0 aliphatic carbocycles. The maximum Gasteiger partial charge on any atom is 0.243 e. The number of carbonyl (C=O) groups is 1. The molecule has 23 heavy (non-hydrogen) atoms. The largest absolute Gasteiger partial charge is 0.494 e. The fourth-order valence-corrected chi connectivity index (χ4v) is 2.06. The minimum Gasteiger partial charge on any atom is -0.494 e. The second kappa shape index (κ2) is 8.68. The van der Waals surface area contributed by atoms with E-state index in [1.165, 1.54) is 0 Å². The molecule has 0 unspecified atom stereocenters. The molecule has 0 heterocycles. The number of carbonyl (C=O) groups excluding carboxylic acids is 1. The highest BCUT2D eigenvalue weighted by atomic mass is 16.5. The number of nitrogens with one attached hydrogen (secondary N) is 2. The lowest BCUT2D eigenvalue weighted by atomic mass is 10.3. The van der Waals surface area contributed by atoms with Crippen LogP contribution in [0.15, 0.2) is 48.5 Å². The van der Waals surface area contributed by atoms with E-state index >= 15 is 0 Å². The van der Waals surface area contributed by atoms with Gasteiger partial charge in [0.25, 0.3) is 0 Å². The molecule has 1 amide bonds. The van der Waals surface area contributed by atoms with E-state index in [1.807, 2.05) is 62.4 Å². The quantitative estimate of drug-likeness (QED) is 0.782. The van der Waals surface area contributed by atoms with Crippen molar-refractivity contribution in [3.63, 3.8) is 0 Å². The van der Waals surface area contributed by atoms with Gasteiger partial charge in [-0.15, -0.1) is 0 Å². The van der Waals surface area contributed by atoms with Crippen molar-refractivity contribution in [3.8, 4) is 11.5 Å². The molecule has 5 nitrogen and oxygen atoms in total. The first-order valence-electron chi connectivity index (χ1n) is 7.71. The summed E-state index contributed by atoms with van der Waals surface area (Å²) in [5.74, 6) is 1.35. The zero-order chi connectivity index (χ0) is 16.5. The fraction of sp³-hybridized carbons (Fsp3) is 0.278. The molecule has 2 aromatic carbocycles. The predicted octanol–water partition coefficient (Wildman–Crippen LogP) is 3.53. The van der Waals surface area contributed by atoms with Gasteiger partial charge >= 0.3 is 0 Å². The second-order valence-electron chi connectivity index (χ2n) is 4.79. The first-order valence-corrected chi connectivity index (χ1v) is 7.71. The minimum atomic E-state index is -0.133. The lowest BCUT2D eigenvalue weighted by Gasteiger charge is -2.12. The van der Waals surface area contributed by atoms with E-state index in [0.717, 1.165) is 11.4 Å². The van der Waals surface area contributed by atoms with Gasteiger partial charge in [0.15, 0.2) is 0 Å². The maximum atomic E-state index is 12.1. The van der Waals surface area contributed by atoms with Gasteiger partial charge in [-0.3, -0.25) is 4.79 Å². The summed E-state index contributed by atoms with van der Waals surface area (Å²) >= 11 is 0. The van der Waals surface area contributed by atoms with Crippen molar-refractivity contribution in [2.24, 2.45) is 0 Å². The molecule has 0 saturated carbocycles. The van der Waals surface area contributed by atoms with E-state index in [4.69, 9.17) is 9.47 Å². The van der Waals surface area contributed by atoms with Crippen LogP contribution in [0.2, 0.25) is 0 Å². The van der Waals surface area contributed by atoms with Gasteiger partial charge in [0.2, 0.25) is 5.91 Å². The molecule has 2 N–H and O–H groups in total. The molecule has 0 radical (unpaired) electrons. The summed E-state index contributed by atoms with van der Waals surface area (Å²) < 4.78 is 10.9. The third-order valence-electron chi connectivity index (χ3n) is 3.08. The summed E-state index contributed by atoms with van der Waals surface area (Å²) in [6.45, 7) is 5.21. The Morgan fingerprint density at radius 3 is 2.35 bits per heavy atom. The minimum absolute atomic E-state index is 0.133. The molecule has 2 aromatic rings. The second-order valence-corrected chi connectivity index (χ2v) is 4.79. The van der Waals surface area contributed by atoms with Gasteiger partial charge in [0, 0.05) is 5.69 Å². The molecule has 0 aliphatic heterocycles. The predicted molar refractivity (Wildman–Crippen MR) is 92.3 cm³/mol. The van der Waals surface area contributed by atoms with Crippen LogP contribution in [0.25, 0.3) is 0 Å². The van der Waals surface area contributed by atoms with Crippen LogP contribution in [0.1, 0.15) is 13.8 Å². The van der Waals surface area contributed by atoms with Gasteiger partial charge in [-0.25, -0.2) is 0 Å². The number of ether oxygens (including phenoxy) is 2. The Labute approximate surface area is 136 Å². The molecule has 122 valence electrons. The van der Waals surface area contributed by atoms with Gasteiger partial charge in [0.1, 0.15) is 11.5 Å². The van der Waals surface area contributed by atoms with Gasteiger partial charge in [0.05, 0.1) is 25.4 Å². The van der Waals surface area contributed by atoms with Gasteiger partial charge in [-0.2, -0.15) is 0 Å². The molecular formula is C18H22N2O3. The topological polar surface area (TPSA) is 59.6 Å². The number of benzene rings is 2. The molecule has 0 aromatic heterocycles. The Hall–Kier alpha value is -2.69. The molecule has 0 aliphatic rings. The molecule has 2 rings (SSSR count). The third kappa shape index (κ3) is 5.21. The van der Waals surface area contributed by atoms with Crippen LogP contribution in [0.4, 0.5) is 11.4 Å². The Kier molecular flexibility index (Phi) is 6.29. The van der Waals surface area contributed by atoms with E-state index in [-0.39, 0.29) is 12.5 Å². The number of hydrogen-bond donors (Lipinski definition) is 2. The van der Waals surface area contributed by atoms with Crippen LogP contribution in [0.5, 0.6) is 11.5 Å². The fourth-order valence-electron chi connectivity index (χ4n) is 2.06. The van der Waals surface area contributed by atoms with Crippen LogP contribution < -0.4 is 20.1 Å². The third-order valence-corrected chi connectivity index (χ3v) is 3.08. The monoisotopic (exact) mass is 314 g/mol.